The van der Waals surface area contributed by atoms with Crippen LogP contribution in [-0.4, -0.2) is 20.8 Å². The molecule has 6 heteroatoms. The molecule has 2 heterocycles. The van der Waals surface area contributed by atoms with Gasteiger partial charge in [0.25, 0.3) is 5.56 Å². The minimum Gasteiger partial charge on any atom is -0.309 e. The Bertz CT molecular complexity index is 789. The first-order chi connectivity index (χ1) is 12.2. The van der Waals surface area contributed by atoms with Crippen LogP contribution in [0.5, 0.6) is 0 Å². The fourth-order valence-corrected chi connectivity index (χ4v) is 4.82. The molecule has 1 N–H and O–H groups in total. The van der Waals surface area contributed by atoms with Gasteiger partial charge in [-0.1, -0.05) is 0 Å². The summed E-state index contributed by atoms with van der Waals surface area (Å²) in [6.45, 7) is 2.97. The zero-order valence-corrected chi connectivity index (χ0v) is 15.6. The van der Waals surface area contributed by atoms with Gasteiger partial charge < -0.3 is 5.32 Å². The Morgan fingerprint density at radius 1 is 1.24 bits per heavy atom. The maximum Gasteiger partial charge on any atom is 0.267 e. The van der Waals surface area contributed by atoms with E-state index in [1.165, 1.54) is 23.3 Å². The molecule has 0 amide bonds. The predicted octanol–water partition coefficient (Wildman–Crippen LogP) is 3.16. The summed E-state index contributed by atoms with van der Waals surface area (Å²) in [5.74, 6) is 0. The number of fused-ring (bicyclic) bond motifs is 1. The highest BCUT2D eigenvalue weighted by Gasteiger charge is 2.25. The van der Waals surface area contributed by atoms with Gasteiger partial charge in [0.15, 0.2) is 0 Å². The Kier molecular flexibility index (Phi) is 4.99. The zero-order chi connectivity index (χ0) is 17.2. The summed E-state index contributed by atoms with van der Waals surface area (Å²) >= 11 is 1.72. The van der Waals surface area contributed by atoms with Gasteiger partial charge in [-0.2, -0.15) is 5.10 Å². The van der Waals surface area contributed by atoms with E-state index in [9.17, 15) is 4.79 Å². The van der Waals surface area contributed by atoms with Crippen LogP contribution < -0.4 is 10.9 Å². The van der Waals surface area contributed by atoms with Crippen molar-refractivity contribution in [1.29, 1.82) is 0 Å². The summed E-state index contributed by atoms with van der Waals surface area (Å²) in [6.07, 6.45) is 8.71. The van der Waals surface area contributed by atoms with Gasteiger partial charge in [-0.05, 0) is 63.9 Å². The molecule has 0 radical (unpaired) electrons. The van der Waals surface area contributed by atoms with E-state index in [-0.39, 0.29) is 11.6 Å². The second-order valence-corrected chi connectivity index (χ2v) is 8.29. The molecule has 0 aromatic carbocycles. The Morgan fingerprint density at radius 2 is 2.04 bits per heavy atom. The molecule has 0 atom stereocenters. The van der Waals surface area contributed by atoms with E-state index < -0.39 is 0 Å². The molecule has 0 unspecified atom stereocenters. The van der Waals surface area contributed by atoms with Crippen LogP contribution in [0.1, 0.15) is 66.4 Å². The van der Waals surface area contributed by atoms with Crippen molar-refractivity contribution in [2.24, 2.45) is 0 Å². The SMILES string of the molecule is Cc1ncsc1CNC1CCC(n2nc3c(cc2=O)CCCC3)CC1. The van der Waals surface area contributed by atoms with Crippen LogP contribution in [0.15, 0.2) is 16.4 Å². The van der Waals surface area contributed by atoms with Gasteiger partial charge in [0.2, 0.25) is 0 Å². The first-order valence-electron chi connectivity index (χ1n) is 9.44. The van der Waals surface area contributed by atoms with Gasteiger partial charge in [-0.15, -0.1) is 11.3 Å². The van der Waals surface area contributed by atoms with E-state index in [4.69, 9.17) is 5.10 Å². The van der Waals surface area contributed by atoms with Crippen molar-refractivity contribution in [3.63, 3.8) is 0 Å². The number of aryl methyl sites for hydroxylation is 3. The highest BCUT2D eigenvalue weighted by atomic mass is 32.1. The van der Waals surface area contributed by atoms with Crippen LogP contribution in [0.4, 0.5) is 0 Å². The minimum absolute atomic E-state index is 0.0948. The Morgan fingerprint density at radius 3 is 2.80 bits per heavy atom. The van der Waals surface area contributed by atoms with Crippen LogP contribution in [-0.2, 0) is 19.4 Å². The summed E-state index contributed by atoms with van der Waals surface area (Å²) < 4.78 is 1.79. The van der Waals surface area contributed by atoms with Crippen molar-refractivity contribution >= 4 is 11.3 Å². The van der Waals surface area contributed by atoms with Crippen LogP contribution in [0.25, 0.3) is 0 Å². The first kappa shape index (κ1) is 16.9. The van der Waals surface area contributed by atoms with Crippen LogP contribution in [0.2, 0.25) is 0 Å². The van der Waals surface area contributed by atoms with E-state index >= 15 is 0 Å². The number of thiazole rings is 1. The molecule has 2 aliphatic rings. The second-order valence-electron chi connectivity index (χ2n) is 7.35. The van der Waals surface area contributed by atoms with Gasteiger partial charge in [-0.25, -0.2) is 9.67 Å². The molecule has 1 fully saturated rings. The van der Waals surface area contributed by atoms with E-state index in [1.807, 2.05) is 11.6 Å². The highest BCUT2D eigenvalue weighted by Crippen LogP contribution is 2.28. The molecule has 0 saturated heterocycles. The summed E-state index contributed by atoms with van der Waals surface area (Å²) in [7, 11) is 0. The topological polar surface area (TPSA) is 59.8 Å². The average Bonchev–Trinajstić information content (AvgIpc) is 3.05. The van der Waals surface area contributed by atoms with Gasteiger partial charge in [0.1, 0.15) is 0 Å². The van der Waals surface area contributed by atoms with Crippen molar-refractivity contribution in [1.82, 2.24) is 20.1 Å². The van der Waals surface area contributed by atoms with Crippen molar-refractivity contribution in [3.8, 4) is 0 Å². The standard InChI is InChI=1S/C19H26N4OS/c1-13-18(25-12-21-13)11-20-15-6-8-16(9-7-15)23-19(24)10-14-4-2-3-5-17(14)22-23/h10,12,15-16,20H,2-9,11H2,1H3. The van der Waals surface area contributed by atoms with E-state index in [2.05, 4.69) is 17.2 Å². The molecule has 0 bridgehead atoms. The molecule has 5 nitrogen and oxygen atoms in total. The predicted molar refractivity (Wildman–Crippen MR) is 100 cm³/mol. The monoisotopic (exact) mass is 358 g/mol. The number of hydrogen-bond donors (Lipinski definition) is 1. The molecule has 4 rings (SSSR count). The molecular weight excluding hydrogens is 332 g/mol. The van der Waals surface area contributed by atoms with Gasteiger partial charge in [0, 0.05) is 23.5 Å². The minimum atomic E-state index is 0.0948. The molecule has 134 valence electrons. The van der Waals surface area contributed by atoms with Crippen LogP contribution in [0, 0.1) is 6.92 Å². The van der Waals surface area contributed by atoms with Crippen molar-refractivity contribution in [2.45, 2.75) is 76.9 Å². The molecule has 2 aromatic heterocycles. The molecule has 25 heavy (non-hydrogen) atoms. The molecule has 0 spiro atoms. The maximum absolute atomic E-state index is 12.5. The third kappa shape index (κ3) is 3.70. The van der Waals surface area contributed by atoms with Gasteiger partial charge in [-0.3, -0.25) is 4.79 Å². The normalized spacial score (nSPS) is 23.4. The lowest BCUT2D eigenvalue weighted by atomic mass is 9.91. The number of aromatic nitrogens is 3. The number of rotatable bonds is 4. The first-order valence-corrected chi connectivity index (χ1v) is 10.3. The fourth-order valence-electron chi connectivity index (χ4n) is 4.10. The van der Waals surface area contributed by atoms with Crippen LogP contribution in [0.3, 0.4) is 0 Å². The van der Waals surface area contributed by atoms with Crippen LogP contribution >= 0.6 is 11.3 Å². The largest absolute Gasteiger partial charge is 0.309 e. The van der Waals surface area contributed by atoms with Crippen molar-refractivity contribution in [3.05, 3.63) is 43.8 Å². The van der Waals surface area contributed by atoms with Gasteiger partial charge in [0.05, 0.1) is 22.9 Å². The Labute approximate surface area is 152 Å². The third-order valence-electron chi connectivity index (χ3n) is 5.67. The van der Waals surface area contributed by atoms with E-state index in [0.29, 0.717) is 6.04 Å². The van der Waals surface area contributed by atoms with E-state index in [0.717, 1.165) is 56.5 Å². The summed E-state index contributed by atoms with van der Waals surface area (Å²) in [5.41, 5.74) is 5.49. The second kappa shape index (κ2) is 7.38. The number of nitrogens with zero attached hydrogens (tertiary/aromatic N) is 3. The summed E-state index contributed by atoms with van der Waals surface area (Å²) in [6, 6.07) is 2.65. The Hall–Kier alpha value is -1.53. The van der Waals surface area contributed by atoms with E-state index in [1.54, 1.807) is 16.0 Å². The lowest BCUT2D eigenvalue weighted by molar-refractivity contribution is 0.266. The quantitative estimate of drug-likeness (QED) is 0.912. The highest BCUT2D eigenvalue weighted by molar-refractivity contribution is 7.09. The smallest absolute Gasteiger partial charge is 0.267 e. The zero-order valence-electron chi connectivity index (χ0n) is 14.8. The molecule has 0 aliphatic heterocycles. The van der Waals surface area contributed by atoms with Crippen molar-refractivity contribution in [2.75, 3.05) is 0 Å². The fraction of sp³-hybridized carbons (Fsp3) is 0.632. The lowest BCUT2D eigenvalue weighted by Crippen LogP contribution is -2.37. The number of hydrogen-bond acceptors (Lipinski definition) is 5. The average molecular weight is 359 g/mol. The summed E-state index contributed by atoms with van der Waals surface area (Å²) in [4.78, 5) is 18.1. The number of nitrogens with one attached hydrogen (secondary N) is 1. The summed E-state index contributed by atoms with van der Waals surface area (Å²) in [5, 5.41) is 8.40. The molecular formula is C19H26N4OS. The maximum atomic E-state index is 12.5. The molecule has 1 saturated carbocycles. The molecule has 2 aliphatic carbocycles. The molecule has 2 aromatic rings. The van der Waals surface area contributed by atoms with Gasteiger partial charge >= 0.3 is 0 Å². The lowest BCUT2D eigenvalue weighted by Gasteiger charge is -2.30. The third-order valence-corrected chi connectivity index (χ3v) is 6.61. The Balaban J connectivity index is 1.37. The van der Waals surface area contributed by atoms with Crippen molar-refractivity contribution < 1.29 is 0 Å².